The van der Waals surface area contributed by atoms with E-state index in [0.29, 0.717) is 23.9 Å². The van der Waals surface area contributed by atoms with Gasteiger partial charge in [-0.25, -0.2) is 0 Å². The average Bonchev–Trinajstić information content (AvgIpc) is 3.75. The monoisotopic (exact) mass is 590 g/mol. The van der Waals surface area contributed by atoms with E-state index >= 15 is 0 Å². The lowest BCUT2D eigenvalue weighted by atomic mass is 9.82. The molecule has 0 unspecified atom stereocenters. The molecule has 0 aromatic heterocycles. The molecule has 8 rings (SSSR count). The molecule has 2 fully saturated rings. The van der Waals surface area contributed by atoms with E-state index in [0.717, 1.165) is 0 Å². The van der Waals surface area contributed by atoms with Crippen LogP contribution in [0.15, 0.2) is 107 Å². The molecule has 4 heteroatoms. The fourth-order valence-electron chi connectivity index (χ4n) is 7.97. The van der Waals surface area contributed by atoms with Crippen molar-refractivity contribution in [3.63, 3.8) is 0 Å². The van der Waals surface area contributed by atoms with Crippen LogP contribution in [-0.2, 0) is 0 Å². The molecule has 4 aliphatic rings. The van der Waals surface area contributed by atoms with Crippen molar-refractivity contribution in [1.82, 2.24) is 9.80 Å². The van der Waals surface area contributed by atoms with E-state index in [9.17, 15) is 0 Å². The third kappa shape index (κ3) is 5.48. The maximum absolute atomic E-state index is 2.69. The van der Waals surface area contributed by atoms with E-state index in [4.69, 9.17) is 0 Å². The summed E-state index contributed by atoms with van der Waals surface area (Å²) in [6.07, 6.45) is 9.62. The van der Waals surface area contributed by atoms with Gasteiger partial charge in [0.25, 0.3) is 0 Å². The SMILES string of the molecule is CSc1ccc([C@H]2CN3CCC[C@H]3c3ccccc32)cc1.CSc1ccc([C@H]2CN3CCC[C@H]3c3ccccc32)cc1. The highest BCUT2D eigenvalue weighted by atomic mass is 32.2. The molecule has 0 amide bonds. The first kappa shape index (κ1) is 28.3. The van der Waals surface area contributed by atoms with E-state index in [1.165, 1.54) is 72.8 Å². The third-order valence-corrected chi connectivity index (χ3v) is 11.5. The summed E-state index contributed by atoms with van der Waals surface area (Å²) in [5.41, 5.74) is 9.17. The first-order valence-corrected chi connectivity index (χ1v) is 18.1. The van der Waals surface area contributed by atoms with Gasteiger partial charge in [-0.3, -0.25) is 9.80 Å². The van der Waals surface area contributed by atoms with E-state index in [2.05, 4.69) is 119 Å². The highest BCUT2D eigenvalue weighted by Crippen LogP contribution is 2.45. The molecule has 0 aliphatic carbocycles. The first-order chi connectivity index (χ1) is 20.7. The van der Waals surface area contributed by atoms with Gasteiger partial charge in [0.2, 0.25) is 0 Å². The number of fused-ring (bicyclic) bond motifs is 6. The molecule has 4 atom stereocenters. The normalized spacial score (nSPS) is 24.6. The summed E-state index contributed by atoms with van der Waals surface area (Å²) < 4.78 is 0. The Labute approximate surface area is 260 Å². The second-order valence-corrected chi connectivity index (χ2v) is 14.0. The van der Waals surface area contributed by atoms with Crippen molar-refractivity contribution in [3.05, 3.63) is 130 Å². The summed E-state index contributed by atoms with van der Waals surface area (Å²) in [6.45, 7) is 4.89. The van der Waals surface area contributed by atoms with Crippen LogP contribution in [0.5, 0.6) is 0 Å². The molecule has 0 bridgehead atoms. The lowest BCUT2D eigenvalue weighted by molar-refractivity contribution is 0.230. The fraction of sp³-hybridized carbons (Fsp3) is 0.368. The summed E-state index contributed by atoms with van der Waals surface area (Å²) >= 11 is 3.63. The molecule has 4 aromatic carbocycles. The van der Waals surface area contributed by atoms with Gasteiger partial charge in [0.15, 0.2) is 0 Å². The Bertz CT molecular complexity index is 1380. The highest BCUT2D eigenvalue weighted by molar-refractivity contribution is 7.98. The largest absolute Gasteiger partial charge is 0.295 e. The minimum atomic E-state index is 0.534. The van der Waals surface area contributed by atoms with Gasteiger partial charge in [0.1, 0.15) is 0 Å². The van der Waals surface area contributed by atoms with Crippen LogP contribution in [0.2, 0.25) is 0 Å². The fourth-order valence-corrected chi connectivity index (χ4v) is 8.78. The first-order valence-electron chi connectivity index (χ1n) is 15.7. The summed E-state index contributed by atoms with van der Waals surface area (Å²) in [6, 6.07) is 37.9. The molecule has 4 aliphatic heterocycles. The summed E-state index contributed by atoms with van der Waals surface area (Å²) in [7, 11) is 0. The standard InChI is InChI=1S/2C19H21NS/c2*1-21-15-10-8-14(9-11-15)18-13-20-12-4-7-19(20)17-6-3-2-5-16(17)18/h2*2-3,5-6,8-11,18-19H,4,7,12-13H2,1H3/t2*18-,19+/m11/s1. The van der Waals surface area contributed by atoms with Crippen molar-refractivity contribution in [3.8, 4) is 0 Å². The van der Waals surface area contributed by atoms with Gasteiger partial charge in [0, 0.05) is 46.8 Å². The summed E-state index contributed by atoms with van der Waals surface area (Å²) in [5, 5.41) is 0. The zero-order chi connectivity index (χ0) is 28.5. The van der Waals surface area contributed by atoms with E-state index < -0.39 is 0 Å². The molecule has 42 heavy (non-hydrogen) atoms. The van der Waals surface area contributed by atoms with Crippen molar-refractivity contribution in [2.75, 3.05) is 38.7 Å². The van der Waals surface area contributed by atoms with Crippen LogP contribution in [0.3, 0.4) is 0 Å². The third-order valence-electron chi connectivity index (χ3n) is 10.1. The topological polar surface area (TPSA) is 6.48 Å². The molecule has 216 valence electrons. The van der Waals surface area contributed by atoms with Gasteiger partial charge in [-0.2, -0.15) is 0 Å². The summed E-state index contributed by atoms with van der Waals surface area (Å²) in [5.74, 6) is 1.07. The smallest absolute Gasteiger partial charge is 0.0351 e. The van der Waals surface area contributed by atoms with Gasteiger partial charge in [-0.15, -0.1) is 23.5 Å². The van der Waals surface area contributed by atoms with Crippen LogP contribution in [0, 0.1) is 0 Å². The maximum atomic E-state index is 2.69. The van der Waals surface area contributed by atoms with E-state index in [1.807, 2.05) is 23.5 Å². The minimum Gasteiger partial charge on any atom is -0.295 e. The van der Waals surface area contributed by atoms with Crippen molar-refractivity contribution < 1.29 is 0 Å². The van der Waals surface area contributed by atoms with Crippen LogP contribution in [-0.4, -0.2) is 48.5 Å². The molecule has 2 saturated heterocycles. The number of nitrogens with zero attached hydrogens (tertiary/aromatic N) is 2. The molecular weight excluding hydrogens is 549 g/mol. The van der Waals surface area contributed by atoms with Crippen LogP contribution >= 0.6 is 23.5 Å². The molecule has 0 saturated carbocycles. The van der Waals surface area contributed by atoms with Crippen molar-refractivity contribution in [2.24, 2.45) is 0 Å². The molecule has 0 N–H and O–H groups in total. The average molecular weight is 591 g/mol. The van der Waals surface area contributed by atoms with E-state index in [-0.39, 0.29) is 0 Å². The summed E-state index contributed by atoms with van der Waals surface area (Å²) in [4.78, 5) is 8.08. The molecular formula is C38H42N2S2. The molecule has 0 radical (unpaired) electrons. The van der Waals surface area contributed by atoms with Crippen molar-refractivity contribution in [1.29, 1.82) is 0 Å². The molecule has 4 aromatic rings. The zero-order valence-electron chi connectivity index (χ0n) is 24.9. The van der Waals surface area contributed by atoms with Gasteiger partial charge in [-0.1, -0.05) is 72.8 Å². The van der Waals surface area contributed by atoms with E-state index in [1.54, 1.807) is 22.3 Å². The predicted octanol–water partition coefficient (Wildman–Crippen LogP) is 9.38. The Kier molecular flexibility index (Phi) is 8.50. The Morgan fingerprint density at radius 2 is 0.881 bits per heavy atom. The highest BCUT2D eigenvalue weighted by Gasteiger charge is 2.37. The quantitative estimate of drug-likeness (QED) is 0.218. The van der Waals surface area contributed by atoms with Crippen molar-refractivity contribution in [2.45, 2.75) is 59.4 Å². The predicted molar refractivity (Wildman–Crippen MR) is 180 cm³/mol. The Morgan fingerprint density at radius 3 is 1.26 bits per heavy atom. The number of thioether (sulfide) groups is 2. The van der Waals surface area contributed by atoms with Crippen molar-refractivity contribution >= 4 is 23.5 Å². The molecule has 2 nitrogen and oxygen atoms in total. The zero-order valence-corrected chi connectivity index (χ0v) is 26.5. The lowest BCUT2D eigenvalue weighted by Crippen LogP contribution is -2.34. The van der Waals surface area contributed by atoms with Crippen LogP contribution in [0.4, 0.5) is 0 Å². The molecule has 4 heterocycles. The lowest BCUT2D eigenvalue weighted by Gasteiger charge is -2.37. The maximum Gasteiger partial charge on any atom is 0.0351 e. The number of hydrogen-bond acceptors (Lipinski definition) is 4. The van der Waals surface area contributed by atoms with Gasteiger partial charge >= 0.3 is 0 Å². The number of hydrogen-bond donors (Lipinski definition) is 0. The van der Waals surface area contributed by atoms with Crippen LogP contribution in [0.25, 0.3) is 0 Å². The molecule has 0 spiro atoms. The van der Waals surface area contributed by atoms with Gasteiger partial charge in [0.05, 0.1) is 0 Å². The number of benzene rings is 4. The number of rotatable bonds is 4. The second-order valence-electron chi connectivity index (χ2n) is 12.2. The minimum absolute atomic E-state index is 0.534. The Balaban J connectivity index is 0.000000137. The van der Waals surface area contributed by atoms with Gasteiger partial charge in [-0.05, 0) is 109 Å². The van der Waals surface area contributed by atoms with Crippen LogP contribution in [0.1, 0.15) is 83.0 Å². The second kappa shape index (κ2) is 12.6. The van der Waals surface area contributed by atoms with Crippen LogP contribution < -0.4 is 0 Å². The van der Waals surface area contributed by atoms with Gasteiger partial charge < -0.3 is 0 Å². The Morgan fingerprint density at radius 1 is 0.500 bits per heavy atom. The Hall–Kier alpha value is -2.50.